The van der Waals surface area contributed by atoms with Crippen molar-refractivity contribution in [2.24, 2.45) is 5.92 Å². The molecule has 0 heterocycles. The molecule has 1 aliphatic rings. The Labute approximate surface area is 73.6 Å². The van der Waals surface area contributed by atoms with E-state index in [9.17, 15) is 5.11 Å². The largest absolute Gasteiger partial charge is 0.395 e. The highest BCUT2D eigenvalue weighted by atomic mass is 16.3. The van der Waals surface area contributed by atoms with Gasteiger partial charge in [0, 0.05) is 0 Å². The summed E-state index contributed by atoms with van der Waals surface area (Å²) in [7, 11) is 0. The van der Waals surface area contributed by atoms with Gasteiger partial charge in [0.25, 0.3) is 0 Å². The third kappa shape index (κ3) is 1.80. The maximum absolute atomic E-state index is 10.0. The minimum Gasteiger partial charge on any atom is -0.395 e. The highest BCUT2D eigenvalue weighted by Gasteiger charge is 2.36. The average molecular weight is 168 g/mol. The van der Waals surface area contributed by atoms with Gasteiger partial charge in [0.2, 0.25) is 0 Å². The molecule has 0 spiro atoms. The lowest BCUT2D eigenvalue weighted by Crippen LogP contribution is -2.40. The lowest BCUT2D eigenvalue weighted by atomic mass is 9.76. The van der Waals surface area contributed by atoms with E-state index in [0.717, 1.165) is 25.7 Å². The summed E-state index contributed by atoms with van der Waals surface area (Å²) in [5, 5.41) is 19.0. The maximum atomic E-state index is 10.0. The van der Waals surface area contributed by atoms with E-state index in [0.29, 0.717) is 0 Å². The van der Waals surface area contributed by atoms with Crippen LogP contribution < -0.4 is 0 Å². The minimum absolute atomic E-state index is 0.104. The van der Waals surface area contributed by atoms with Gasteiger partial charge >= 0.3 is 0 Å². The van der Waals surface area contributed by atoms with Gasteiger partial charge < -0.3 is 10.2 Å². The smallest absolute Gasteiger partial charge is 0.0806 e. The Morgan fingerprint density at radius 3 is 2.33 bits per heavy atom. The summed E-state index contributed by atoms with van der Waals surface area (Å²) < 4.78 is 0. The van der Waals surface area contributed by atoms with Crippen molar-refractivity contribution in [1.29, 1.82) is 0 Å². The Balaban J connectivity index is 2.61. The van der Waals surface area contributed by atoms with Gasteiger partial charge in [0.15, 0.2) is 0 Å². The van der Waals surface area contributed by atoms with Gasteiger partial charge in [-0.1, -0.05) is 25.2 Å². The Hall–Kier alpha value is -0.520. The average Bonchev–Trinajstić information content (AvgIpc) is 2.07. The van der Waals surface area contributed by atoms with Gasteiger partial charge in [-0.25, -0.2) is 0 Å². The Morgan fingerprint density at radius 1 is 1.33 bits per heavy atom. The second-order valence-corrected chi connectivity index (χ2v) is 3.57. The van der Waals surface area contributed by atoms with Gasteiger partial charge in [-0.3, -0.25) is 0 Å². The van der Waals surface area contributed by atoms with Crippen molar-refractivity contribution < 1.29 is 10.2 Å². The molecular weight excluding hydrogens is 152 g/mol. The van der Waals surface area contributed by atoms with Crippen molar-refractivity contribution in [2.75, 3.05) is 6.61 Å². The highest BCUT2D eigenvalue weighted by Crippen LogP contribution is 2.33. The van der Waals surface area contributed by atoms with Gasteiger partial charge in [0.1, 0.15) is 0 Å². The van der Waals surface area contributed by atoms with Crippen molar-refractivity contribution in [1.82, 2.24) is 0 Å². The molecule has 0 aromatic heterocycles. The molecule has 0 saturated heterocycles. The molecule has 1 fully saturated rings. The van der Waals surface area contributed by atoms with Crippen LogP contribution in [0, 0.1) is 18.3 Å². The van der Waals surface area contributed by atoms with Crippen LogP contribution in [-0.2, 0) is 0 Å². The van der Waals surface area contributed by atoms with Crippen LogP contribution in [0.15, 0.2) is 0 Å². The first kappa shape index (κ1) is 9.57. The van der Waals surface area contributed by atoms with E-state index in [-0.39, 0.29) is 12.5 Å². The van der Waals surface area contributed by atoms with Crippen molar-refractivity contribution >= 4 is 0 Å². The summed E-state index contributed by atoms with van der Waals surface area (Å²) in [6, 6.07) is 0. The number of hydrogen-bond acceptors (Lipinski definition) is 2. The fourth-order valence-electron chi connectivity index (χ4n) is 1.89. The molecule has 1 atom stereocenters. The first-order valence-corrected chi connectivity index (χ1v) is 4.52. The van der Waals surface area contributed by atoms with Crippen molar-refractivity contribution in [3.63, 3.8) is 0 Å². The van der Waals surface area contributed by atoms with Crippen molar-refractivity contribution in [2.45, 2.75) is 37.7 Å². The second kappa shape index (κ2) is 3.93. The number of rotatable bonds is 2. The number of terminal acetylenes is 1. The van der Waals surface area contributed by atoms with Gasteiger partial charge in [-0.05, 0) is 12.8 Å². The van der Waals surface area contributed by atoms with Crippen LogP contribution in [0.3, 0.4) is 0 Å². The van der Waals surface area contributed by atoms with E-state index >= 15 is 0 Å². The van der Waals surface area contributed by atoms with Crippen LogP contribution in [0.5, 0.6) is 0 Å². The highest BCUT2D eigenvalue weighted by molar-refractivity contribution is 5.04. The minimum atomic E-state index is -0.790. The Kier molecular flexibility index (Phi) is 3.13. The zero-order valence-electron chi connectivity index (χ0n) is 7.29. The zero-order valence-corrected chi connectivity index (χ0v) is 7.29. The van der Waals surface area contributed by atoms with E-state index in [2.05, 4.69) is 5.92 Å². The molecule has 1 rings (SSSR count). The quantitative estimate of drug-likeness (QED) is 0.602. The SMILES string of the molecule is C#CC(CO)C1(O)CCCCC1. The summed E-state index contributed by atoms with van der Waals surface area (Å²) in [5.74, 6) is 2.08. The fraction of sp³-hybridized carbons (Fsp3) is 0.800. The molecule has 0 amide bonds. The molecule has 2 nitrogen and oxygen atoms in total. The lowest BCUT2D eigenvalue weighted by molar-refractivity contribution is -0.0450. The molecule has 0 aromatic rings. The number of aliphatic hydroxyl groups is 2. The van der Waals surface area contributed by atoms with E-state index in [1.807, 2.05) is 0 Å². The summed E-state index contributed by atoms with van der Waals surface area (Å²) in [6.45, 7) is -0.104. The van der Waals surface area contributed by atoms with Gasteiger partial charge in [-0.2, -0.15) is 0 Å². The van der Waals surface area contributed by atoms with E-state index < -0.39 is 5.60 Å². The van der Waals surface area contributed by atoms with Crippen molar-refractivity contribution in [3.05, 3.63) is 0 Å². The van der Waals surface area contributed by atoms with Crippen LogP contribution >= 0.6 is 0 Å². The van der Waals surface area contributed by atoms with E-state index in [1.54, 1.807) is 0 Å². The lowest BCUT2D eigenvalue weighted by Gasteiger charge is -2.35. The third-order valence-electron chi connectivity index (χ3n) is 2.75. The third-order valence-corrected chi connectivity index (χ3v) is 2.75. The van der Waals surface area contributed by atoms with E-state index in [1.165, 1.54) is 6.42 Å². The molecule has 68 valence electrons. The number of hydrogen-bond donors (Lipinski definition) is 2. The molecular formula is C10H16O2. The standard InChI is InChI=1S/C10H16O2/c1-2-9(8-11)10(12)6-4-3-5-7-10/h1,9,11-12H,3-8H2. The summed E-state index contributed by atoms with van der Waals surface area (Å²) in [6.07, 6.45) is 9.92. The topological polar surface area (TPSA) is 40.5 Å². The first-order valence-electron chi connectivity index (χ1n) is 4.52. The van der Waals surface area contributed by atoms with E-state index in [4.69, 9.17) is 11.5 Å². The molecule has 0 aromatic carbocycles. The maximum Gasteiger partial charge on any atom is 0.0806 e. The number of aliphatic hydroxyl groups excluding tert-OH is 1. The molecule has 1 saturated carbocycles. The molecule has 12 heavy (non-hydrogen) atoms. The predicted molar refractivity (Wildman–Crippen MR) is 47.4 cm³/mol. The van der Waals surface area contributed by atoms with Crippen LogP contribution in [0.25, 0.3) is 0 Å². The van der Waals surface area contributed by atoms with Crippen LogP contribution in [0.1, 0.15) is 32.1 Å². The Bertz CT molecular complexity index is 175. The Morgan fingerprint density at radius 2 is 1.92 bits per heavy atom. The summed E-state index contributed by atoms with van der Waals surface area (Å²) in [5.41, 5.74) is -0.790. The molecule has 0 aliphatic heterocycles. The van der Waals surface area contributed by atoms with Crippen LogP contribution in [0.4, 0.5) is 0 Å². The molecule has 0 radical (unpaired) electrons. The summed E-state index contributed by atoms with van der Waals surface area (Å²) in [4.78, 5) is 0. The van der Waals surface area contributed by atoms with Crippen LogP contribution in [0.2, 0.25) is 0 Å². The molecule has 1 unspecified atom stereocenters. The zero-order chi connectivity index (χ0) is 9.03. The molecule has 2 heteroatoms. The predicted octanol–water partition coefficient (Wildman–Crippen LogP) is 0.923. The molecule has 0 bridgehead atoms. The van der Waals surface area contributed by atoms with Gasteiger partial charge in [-0.15, -0.1) is 6.42 Å². The second-order valence-electron chi connectivity index (χ2n) is 3.57. The van der Waals surface area contributed by atoms with Crippen LogP contribution in [-0.4, -0.2) is 22.4 Å². The normalized spacial score (nSPS) is 24.4. The fourth-order valence-corrected chi connectivity index (χ4v) is 1.89. The summed E-state index contributed by atoms with van der Waals surface area (Å²) >= 11 is 0. The first-order chi connectivity index (χ1) is 5.73. The molecule has 1 aliphatic carbocycles. The van der Waals surface area contributed by atoms with Gasteiger partial charge in [0.05, 0.1) is 18.1 Å². The molecule has 2 N–H and O–H groups in total. The monoisotopic (exact) mass is 168 g/mol. The van der Waals surface area contributed by atoms with Crippen molar-refractivity contribution in [3.8, 4) is 12.3 Å².